The molecule has 12 heavy (non-hydrogen) atoms. The zero-order valence-electron chi connectivity index (χ0n) is 7.85. The van der Waals surface area contributed by atoms with Gasteiger partial charge in [0.2, 0.25) is 0 Å². The van der Waals surface area contributed by atoms with Crippen LogP contribution < -0.4 is 0 Å². The maximum atomic E-state index is 11.2. The second-order valence-electron chi connectivity index (χ2n) is 3.84. The highest BCUT2D eigenvalue weighted by Gasteiger charge is 2.23. The summed E-state index contributed by atoms with van der Waals surface area (Å²) >= 11 is 0. The predicted molar refractivity (Wildman–Crippen MR) is 49.0 cm³/mol. The topological polar surface area (TPSA) is 32.9 Å². The van der Waals surface area contributed by atoms with Crippen LogP contribution in [0.2, 0.25) is 0 Å². The lowest BCUT2D eigenvalue weighted by Gasteiger charge is -2.19. The molecule has 0 aliphatic carbocycles. The Kier molecular flexibility index (Phi) is 2.36. The van der Waals surface area contributed by atoms with E-state index in [1.807, 2.05) is 32.3 Å². The minimum absolute atomic E-state index is 0.234. The van der Waals surface area contributed by atoms with Crippen molar-refractivity contribution < 1.29 is 4.79 Å². The molecule has 1 aromatic heterocycles. The van der Waals surface area contributed by atoms with E-state index in [0.29, 0.717) is 0 Å². The molecular weight excluding hydrogens is 150 g/mol. The third kappa shape index (κ3) is 1.97. The number of aromatic nitrogens is 1. The van der Waals surface area contributed by atoms with E-state index in [1.54, 1.807) is 6.92 Å². The molecule has 0 saturated carbocycles. The predicted octanol–water partition coefficient (Wildman–Crippen LogP) is 2.17. The van der Waals surface area contributed by atoms with Gasteiger partial charge in [0.15, 0.2) is 0 Å². The fourth-order valence-electron chi connectivity index (χ4n) is 1.10. The summed E-state index contributed by atoms with van der Waals surface area (Å²) < 4.78 is 0. The summed E-state index contributed by atoms with van der Waals surface area (Å²) in [4.78, 5) is 14.2. The van der Waals surface area contributed by atoms with E-state index < -0.39 is 0 Å². The number of aromatic amines is 1. The van der Waals surface area contributed by atoms with Gasteiger partial charge in [0.1, 0.15) is 5.78 Å². The van der Waals surface area contributed by atoms with E-state index in [9.17, 15) is 4.79 Å². The van der Waals surface area contributed by atoms with Gasteiger partial charge in [-0.2, -0.15) is 0 Å². The number of ketones is 1. The molecule has 0 fully saturated rings. The Labute approximate surface area is 73.0 Å². The number of H-pyrrole nitrogens is 1. The summed E-state index contributed by atoms with van der Waals surface area (Å²) in [6.45, 7) is 5.59. The van der Waals surface area contributed by atoms with Gasteiger partial charge in [0.05, 0.1) is 0 Å². The van der Waals surface area contributed by atoms with E-state index in [1.165, 1.54) is 5.56 Å². The smallest absolute Gasteiger partial charge is 0.135 e. The fraction of sp³-hybridized carbons (Fsp3) is 0.500. The zero-order chi connectivity index (χ0) is 9.19. The van der Waals surface area contributed by atoms with E-state index in [2.05, 4.69) is 4.98 Å². The van der Waals surface area contributed by atoms with Crippen molar-refractivity contribution in [2.24, 2.45) is 5.41 Å². The normalized spacial score (nSPS) is 11.6. The van der Waals surface area contributed by atoms with Crippen molar-refractivity contribution in [2.45, 2.75) is 27.2 Å². The van der Waals surface area contributed by atoms with Crippen molar-refractivity contribution >= 4 is 5.78 Å². The molecule has 0 aliphatic heterocycles. The average Bonchev–Trinajstić information content (AvgIpc) is 2.38. The van der Waals surface area contributed by atoms with Crippen LogP contribution in [0.1, 0.15) is 26.3 Å². The zero-order valence-corrected chi connectivity index (χ0v) is 7.85. The Morgan fingerprint density at radius 2 is 2.25 bits per heavy atom. The monoisotopic (exact) mass is 165 g/mol. The van der Waals surface area contributed by atoms with Crippen LogP contribution >= 0.6 is 0 Å². The Balaban J connectivity index is 2.69. The highest BCUT2D eigenvalue weighted by atomic mass is 16.1. The molecule has 2 nitrogen and oxygen atoms in total. The summed E-state index contributed by atoms with van der Waals surface area (Å²) in [6, 6.07) is 2.00. The summed E-state index contributed by atoms with van der Waals surface area (Å²) in [5, 5.41) is 0. The van der Waals surface area contributed by atoms with Crippen molar-refractivity contribution in [3.8, 4) is 0 Å². The SMILES string of the molecule is CC(=O)C(C)(C)Cc1cc[nH]c1. The number of hydrogen-bond acceptors (Lipinski definition) is 1. The van der Waals surface area contributed by atoms with Crippen LogP contribution in [0.3, 0.4) is 0 Å². The molecule has 0 unspecified atom stereocenters. The standard InChI is InChI=1S/C10H15NO/c1-8(12)10(2,3)6-9-4-5-11-7-9/h4-5,7,11H,6H2,1-3H3. The first kappa shape index (κ1) is 9.04. The lowest BCUT2D eigenvalue weighted by atomic mass is 9.83. The molecule has 1 heterocycles. The van der Waals surface area contributed by atoms with E-state index in [4.69, 9.17) is 0 Å². The number of hydrogen-bond donors (Lipinski definition) is 1. The molecule has 1 rings (SSSR count). The average molecular weight is 165 g/mol. The van der Waals surface area contributed by atoms with E-state index in [-0.39, 0.29) is 11.2 Å². The Bertz CT molecular complexity index is 259. The molecule has 0 amide bonds. The number of carbonyl (C=O) groups excluding carboxylic acids is 1. The molecule has 1 N–H and O–H groups in total. The molecule has 2 heteroatoms. The molecule has 0 aromatic carbocycles. The second kappa shape index (κ2) is 3.13. The number of nitrogens with one attached hydrogen (secondary N) is 1. The van der Waals surface area contributed by atoms with Gasteiger partial charge in [-0.15, -0.1) is 0 Å². The quantitative estimate of drug-likeness (QED) is 0.731. The van der Waals surface area contributed by atoms with E-state index in [0.717, 1.165) is 6.42 Å². The van der Waals surface area contributed by atoms with Crippen LogP contribution in [0.5, 0.6) is 0 Å². The van der Waals surface area contributed by atoms with Crippen molar-refractivity contribution in [1.29, 1.82) is 0 Å². The van der Waals surface area contributed by atoms with Crippen LogP contribution in [0, 0.1) is 5.41 Å². The van der Waals surface area contributed by atoms with Crippen LogP contribution in [-0.4, -0.2) is 10.8 Å². The van der Waals surface area contributed by atoms with Gasteiger partial charge in [-0.05, 0) is 25.0 Å². The van der Waals surface area contributed by atoms with Crippen molar-refractivity contribution in [3.05, 3.63) is 24.0 Å². The van der Waals surface area contributed by atoms with Gasteiger partial charge >= 0.3 is 0 Å². The van der Waals surface area contributed by atoms with Crippen LogP contribution in [0.4, 0.5) is 0 Å². The molecule has 0 radical (unpaired) electrons. The lowest BCUT2D eigenvalue weighted by Crippen LogP contribution is -2.23. The first-order chi connectivity index (χ1) is 5.52. The highest BCUT2D eigenvalue weighted by molar-refractivity contribution is 5.81. The van der Waals surface area contributed by atoms with Gasteiger partial charge in [-0.1, -0.05) is 13.8 Å². The van der Waals surface area contributed by atoms with Gasteiger partial charge in [0.25, 0.3) is 0 Å². The first-order valence-electron chi connectivity index (χ1n) is 4.15. The number of rotatable bonds is 3. The molecule has 0 atom stereocenters. The molecule has 66 valence electrons. The Morgan fingerprint density at radius 1 is 1.58 bits per heavy atom. The van der Waals surface area contributed by atoms with Gasteiger partial charge in [0, 0.05) is 17.8 Å². The third-order valence-corrected chi connectivity index (χ3v) is 2.26. The molecule has 0 spiro atoms. The Morgan fingerprint density at radius 3 is 2.67 bits per heavy atom. The first-order valence-corrected chi connectivity index (χ1v) is 4.15. The maximum absolute atomic E-state index is 11.2. The van der Waals surface area contributed by atoms with Crippen LogP contribution in [0.15, 0.2) is 18.5 Å². The van der Waals surface area contributed by atoms with Gasteiger partial charge in [-0.3, -0.25) is 4.79 Å². The second-order valence-corrected chi connectivity index (χ2v) is 3.84. The number of Topliss-reactive ketones (excluding diaryl/α,β-unsaturated/α-hetero) is 1. The molecule has 0 saturated heterocycles. The Hall–Kier alpha value is -1.05. The summed E-state index contributed by atoms with van der Waals surface area (Å²) in [7, 11) is 0. The largest absolute Gasteiger partial charge is 0.367 e. The van der Waals surface area contributed by atoms with Crippen LogP contribution in [0.25, 0.3) is 0 Å². The van der Waals surface area contributed by atoms with Gasteiger partial charge in [-0.25, -0.2) is 0 Å². The fourth-order valence-corrected chi connectivity index (χ4v) is 1.10. The lowest BCUT2D eigenvalue weighted by molar-refractivity contribution is -0.124. The minimum Gasteiger partial charge on any atom is -0.367 e. The van der Waals surface area contributed by atoms with Crippen molar-refractivity contribution in [1.82, 2.24) is 4.98 Å². The number of carbonyl (C=O) groups is 1. The maximum Gasteiger partial charge on any atom is 0.135 e. The molecular formula is C10H15NO. The summed E-state index contributed by atoms with van der Waals surface area (Å²) in [5.41, 5.74) is 0.956. The summed E-state index contributed by atoms with van der Waals surface area (Å²) in [5.74, 6) is 0.240. The highest BCUT2D eigenvalue weighted by Crippen LogP contribution is 2.22. The van der Waals surface area contributed by atoms with E-state index >= 15 is 0 Å². The minimum atomic E-state index is -0.234. The van der Waals surface area contributed by atoms with Gasteiger partial charge < -0.3 is 4.98 Å². The molecule has 0 aliphatic rings. The van der Waals surface area contributed by atoms with Crippen molar-refractivity contribution in [2.75, 3.05) is 0 Å². The third-order valence-electron chi connectivity index (χ3n) is 2.26. The molecule has 1 aromatic rings. The van der Waals surface area contributed by atoms with Crippen LogP contribution in [-0.2, 0) is 11.2 Å². The summed E-state index contributed by atoms with van der Waals surface area (Å²) in [6.07, 6.45) is 4.63. The molecule has 0 bridgehead atoms. The van der Waals surface area contributed by atoms with Crippen molar-refractivity contribution in [3.63, 3.8) is 0 Å².